The number of rotatable bonds is 21. The molecule has 17 heteroatoms. The summed E-state index contributed by atoms with van der Waals surface area (Å²) in [6.45, 7) is 14.6. The molecule has 354 valence electrons. The smallest absolute Gasteiger partial charge is 0.417 e. The third kappa shape index (κ3) is 15.7. The van der Waals surface area contributed by atoms with Crippen LogP contribution < -0.4 is 27.0 Å². The third-order valence-electron chi connectivity index (χ3n) is 11.1. The van der Waals surface area contributed by atoms with Crippen LogP contribution in [0.2, 0.25) is 0 Å². The monoisotopic (exact) mass is 895 g/mol. The Morgan fingerprint density at radius 2 is 1.34 bits per heavy atom. The van der Waals surface area contributed by atoms with Crippen LogP contribution in [-0.4, -0.2) is 113 Å². The molecule has 0 aromatic heterocycles. The molecule has 1 aliphatic carbocycles. The third-order valence-corrected chi connectivity index (χ3v) is 11.1. The van der Waals surface area contributed by atoms with Crippen molar-refractivity contribution >= 4 is 41.6 Å². The molecule has 0 bridgehead atoms. The molecule has 2 aromatic rings. The number of nitrogens with one attached hydrogen (secondary N) is 4. The summed E-state index contributed by atoms with van der Waals surface area (Å²) in [5.74, 6) is -6.20. The van der Waals surface area contributed by atoms with E-state index in [1.807, 2.05) is 48.5 Å². The lowest BCUT2D eigenvalue weighted by atomic mass is 9.84. The maximum Gasteiger partial charge on any atom is 0.417 e. The lowest BCUT2D eigenvalue weighted by Gasteiger charge is -2.35. The van der Waals surface area contributed by atoms with Crippen molar-refractivity contribution in [3.8, 4) is 0 Å². The van der Waals surface area contributed by atoms with Crippen molar-refractivity contribution in [3.05, 3.63) is 71.8 Å². The number of esters is 1. The molecule has 0 radical (unpaired) electrons. The fourth-order valence-corrected chi connectivity index (χ4v) is 7.52. The van der Waals surface area contributed by atoms with E-state index in [1.54, 1.807) is 60.6 Å². The first-order chi connectivity index (χ1) is 30.1. The molecule has 64 heavy (non-hydrogen) atoms. The van der Waals surface area contributed by atoms with Gasteiger partial charge in [0, 0.05) is 5.92 Å². The molecule has 0 spiro atoms. The molecule has 0 saturated heterocycles. The Morgan fingerprint density at radius 3 is 1.89 bits per heavy atom. The topological polar surface area (TPSA) is 245 Å². The Kier molecular flexibility index (Phi) is 20.4. The Balaban J connectivity index is 1.84. The van der Waals surface area contributed by atoms with E-state index in [1.165, 1.54) is 21.0 Å². The first-order valence-corrected chi connectivity index (χ1v) is 22.0. The van der Waals surface area contributed by atoms with Crippen LogP contribution in [0.3, 0.4) is 0 Å². The lowest BCUT2D eigenvalue weighted by Crippen LogP contribution is -2.60. The van der Waals surface area contributed by atoms with Crippen LogP contribution in [0.5, 0.6) is 0 Å². The molecular weight excluding hydrogens is 825 g/mol. The number of aliphatic hydroxyl groups is 1. The molecule has 6 amide bonds. The van der Waals surface area contributed by atoms with E-state index in [2.05, 4.69) is 21.3 Å². The first kappa shape index (κ1) is 53.0. The van der Waals surface area contributed by atoms with Gasteiger partial charge in [-0.05, 0) is 82.8 Å². The average Bonchev–Trinajstić information content (AvgIpc) is 3.74. The van der Waals surface area contributed by atoms with Gasteiger partial charge < -0.3 is 46.3 Å². The van der Waals surface area contributed by atoms with E-state index in [9.17, 15) is 38.7 Å². The van der Waals surface area contributed by atoms with Crippen LogP contribution in [0.4, 0.5) is 4.79 Å². The summed E-state index contributed by atoms with van der Waals surface area (Å²) in [5, 5.41) is 23.1. The maximum absolute atomic E-state index is 14.3. The number of nitrogens with two attached hydrogens (primary N) is 1. The zero-order valence-corrected chi connectivity index (χ0v) is 38.9. The summed E-state index contributed by atoms with van der Waals surface area (Å²) in [4.78, 5) is 95.7. The second-order valence-corrected chi connectivity index (χ2v) is 18.2. The van der Waals surface area contributed by atoms with E-state index in [0.29, 0.717) is 24.2 Å². The summed E-state index contributed by atoms with van der Waals surface area (Å²) < 4.78 is 16.0. The fraction of sp³-hybridized carbons (Fsp3) is 0.596. The van der Waals surface area contributed by atoms with E-state index in [4.69, 9.17) is 19.9 Å². The Hall–Kier alpha value is -5.39. The quantitative estimate of drug-likeness (QED) is 0.0991. The maximum atomic E-state index is 14.3. The zero-order valence-electron chi connectivity index (χ0n) is 38.9. The predicted octanol–water partition coefficient (Wildman–Crippen LogP) is 3.15. The average molecular weight is 895 g/mol. The summed E-state index contributed by atoms with van der Waals surface area (Å²) in [7, 11) is 1.23. The van der Waals surface area contributed by atoms with Gasteiger partial charge in [0.05, 0.1) is 32.5 Å². The molecule has 4 unspecified atom stereocenters. The highest BCUT2D eigenvalue weighted by Crippen LogP contribution is 2.36. The van der Waals surface area contributed by atoms with Crippen LogP contribution >= 0.6 is 0 Å². The van der Waals surface area contributed by atoms with Gasteiger partial charge >= 0.3 is 12.1 Å². The molecule has 1 aliphatic rings. The fourth-order valence-electron chi connectivity index (χ4n) is 7.52. The Bertz CT molecular complexity index is 1870. The van der Waals surface area contributed by atoms with Crippen LogP contribution in [0.15, 0.2) is 60.7 Å². The standard InChI is InChI=1S/C47H70N6O11/c1-27(2)37(43(58)52-38(28(3)4)45(60)62-10)51-41(56)34-23-17-22-33(34)39(54)36(24-31-18-13-11-14-19-31)50-40(55)30(6)53(46(61)64-47(7,8)9)44(59)29(5)49-42(57)35(48)26-63-25-32-20-15-12-16-21-32/h11-16,18-21,27-30,33-39,54H,17,22-26,48H2,1-10H3,(H,49,57)(H,50,55)(H,51,56)(H,52,58)/t29-,30-,33?,34+,35-,36?,37+,38?,39?/m0/s1. The molecule has 7 N–H and O–H groups in total. The van der Waals surface area contributed by atoms with E-state index < -0.39 is 101 Å². The minimum Gasteiger partial charge on any atom is -0.467 e. The second kappa shape index (κ2) is 24.6. The van der Waals surface area contributed by atoms with Gasteiger partial charge in [-0.3, -0.25) is 24.0 Å². The number of imide groups is 1. The van der Waals surface area contributed by atoms with Gasteiger partial charge in [-0.2, -0.15) is 0 Å². The number of nitrogens with zero attached hydrogens (tertiary/aromatic N) is 1. The van der Waals surface area contributed by atoms with Crippen LogP contribution in [0.1, 0.15) is 92.7 Å². The van der Waals surface area contributed by atoms with Crippen molar-refractivity contribution in [2.45, 2.75) is 143 Å². The predicted molar refractivity (Wildman–Crippen MR) is 239 cm³/mol. The number of carbonyl (C=O) groups excluding carboxylic acids is 7. The Morgan fingerprint density at radius 1 is 0.766 bits per heavy atom. The summed E-state index contributed by atoms with van der Waals surface area (Å²) >= 11 is 0. The molecule has 0 aliphatic heterocycles. The van der Waals surface area contributed by atoms with Crippen molar-refractivity contribution in [1.82, 2.24) is 26.2 Å². The first-order valence-electron chi connectivity index (χ1n) is 22.0. The molecule has 1 saturated carbocycles. The normalized spacial score (nSPS) is 18.3. The van der Waals surface area contributed by atoms with Gasteiger partial charge in [-0.1, -0.05) is 94.8 Å². The van der Waals surface area contributed by atoms with Crippen LogP contribution in [0, 0.1) is 23.7 Å². The second-order valence-electron chi connectivity index (χ2n) is 18.2. The number of hydrogen-bond acceptors (Lipinski definition) is 12. The molecule has 9 atom stereocenters. The molecule has 17 nitrogen and oxygen atoms in total. The summed E-state index contributed by atoms with van der Waals surface area (Å²) in [6, 6.07) is 11.4. The van der Waals surface area contributed by atoms with Crippen molar-refractivity contribution in [1.29, 1.82) is 0 Å². The molecule has 3 rings (SSSR count). The molecule has 1 fully saturated rings. The van der Waals surface area contributed by atoms with Gasteiger partial charge in [0.1, 0.15) is 35.8 Å². The van der Waals surface area contributed by atoms with Gasteiger partial charge in [-0.25, -0.2) is 14.5 Å². The number of methoxy groups -OCH3 is 1. The lowest BCUT2D eigenvalue weighted by molar-refractivity contribution is -0.147. The number of ether oxygens (including phenoxy) is 3. The number of amides is 6. The minimum atomic E-state index is -1.51. The van der Waals surface area contributed by atoms with Gasteiger partial charge in [0.15, 0.2) is 0 Å². The van der Waals surface area contributed by atoms with Crippen LogP contribution in [0.25, 0.3) is 0 Å². The van der Waals surface area contributed by atoms with Crippen molar-refractivity contribution in [2.75, 3.05) is 13.7 Å². The minimum absolute atomic E-state index is 0.115. The highest BCUT2D eigenvalue weighted by molar-refractivity contribution is 6.01. The molecule has 2 aromatic carbocycles. The molecular formula is C47H70N6O11. The Labute approximate surface area is 377 Å². The summed E-state index contributed by atoms with van der Waals surface area (Å²) in [6.07, 6.45) is -0.938. The van der Waals surface area contributed by atoms with Crippen molar-refractivity contribution < 1.29 is 52.9 Å². The SMILES string of the molecule is COC(=O)C(NC(=O)[C@H](NC(=O)[C@@H]1CCCC1C(O)C(Cc1ccccc1)NC(=O)[C@H](C)N(C(=O)OC(C)(C)C)C(=O)[C@H](C)NC(=O)[C@@H](N)COCc1ccccc1)C(C)C)C(C)C. The highest BCUT2D eigenvalue weighted by Gasteiger charge is 2.44. The number of aliphatic hydroxyl groups excluding tert-OH is 1. The number of hydrogen-bond donors (Lipinski definition) is 6. The van der Waals surface area contributed by atoms with Gasteiger partial charge in [0.25, 0.3) is 5.91 Å². The number of benzene rings is 2. The summed E-state index contributed by atoms with van der Waals surface area (Å²) in [5.41, 5.74) is 6.63. The highest BCUT2D eigenvalue weighted by atomic mass is 16.6. The van der Waals surface area contributed by atoms with E-state index in [-0.39, 0.29) is 31.5 Å². The van der Waals surface area contributed by atoms with E-state index in [0.717, 1.165) is 11.1 Å². The largest absolute Gasteiger partial charge is 0.467 e. The van der Waals surface area contributed by atoms with E-state index >= 15 is 0 Å². The zero-order chi connectivity index (χ0) is 47.9. The van der Waals surface area contributed by atoms with Crippen molar-refractivity contribution in [2.24, 2.45) is 29.4 Å². The van der Waals surface area contributed by atoms with Crippen LogP contribution in [-0.2, 0) is 56.0 Å². The van der Waals surface area contributed by atoms with Gasteiger partial charge in [0.2, 0.25) is 23.6 Å². The number of carbonyl (C=O) groups is 7. The molecule has 0 heterocycles. The van der Waals surface area contributed by atoms with Gasteiger partial charge in [-0.15, -0.1) is 0 Å². The van der Waals surface area contributed by atoms with Crippen molar-refractivity contribution in [3.63, 3.8) is 0 Å².